The van der Waals surface area contributed by atoms with Gasteiger partial charge in [-0.3, -0.25) is 9.59 Å². The molecule has 2 rings (SSSR count). The van der Waals surface area contributed by atoms with Gasteiger partial charge in [0.25, 0.3) is 5.78 Å². The first-order chi connectivity index (χ1) is 11.3. The molecule has 1 aliphatic rings. The van der Waals surface area contributed by atoms with E-state index in [1.807, 2.05) is 18.4 Å². The summed E-state index contributed by atoms with van der Waals surface area (Å²) in [5.41, 5.74) is 0.664. The minimum absolute atomic E-state index is 0.293. The summed E-state index contributed by atoms with van der Waals surface area (Å²) in [6, 6.07) is 6.70. The molecule has 0 aromatic heterocycles. The number of para-hydroxylation sites is 1. The Balaban J connectivity index is 2.06. The van der Waals surface area contributed by atoms with Gasteiger partial charge in [-0.15, -0.1) is 11.8 Å². The number of carbonyl (C=O) groups is 2. The maximum absolute atomic E-state index is 12.4. The van der Waals surface area contributed by atoms with Crippen LogP contribution in [0, 0.1) is 0 Å². The van der Waals surface area contributed by atoms with Crippen molar-refractivity contribution in [3.63, 3.8) is 0 Å². The predicted molar refractivity (Wildman–Crippen MR) is 86.8 cm³/mol. The zero-order valence-corrected chi connectivity index (χ0v) is 13.8. The number of rotatable bonds is 5. The number of likely N-dealkylation sites (tertiary alicyclic amines) is 1. The second-order valence-electron chi connectivity index (χ2n) is 5.26. The third-order valence-electron chi connectivity index (χ3n) is 3.66. The van der Waals surface area contributed by atoms with E-state index in [1.165, 1.54) is 16.7 Å². The van der Waals surface area contributed by atoms with Crippen LogP contribution in [0.25, 0.3) is 0 Å². The van der Waals surface area contributed by atoms with Gasteiger partial charge in [0.15, 0.2) is 0 Å². The van der Waals surface area contributed by atoms with Crippen LogP contribution in [0.4, 0.5) is 18.9 Å². The highest BCUT2D eigenvalue weighted by molar-refractivity contribution is 7.98. The highest BCUT2D eigenvalue weighted by atomic mass is 32.2. The van der Waals surface area contributed by atoms with Crippen LogP contribution >= 0.6 is 11.8 Å². The molecule has 130 valence electrons. The lowest BCUT2D eigenvalue weighted by Crippen LogP contribution is -2.37. The molecule has 4 nitrogen and oxygen atoms in total. The number of hydrogen-bond donors (Lipinski definition) is 1. The van der Waals surface area contributed by atoms with Crippen molar-refractivity contribution in [2.75, 3.05) is 18.1 Å². The molecular formula is C16H17F3N2O2S. The number of thioether (sulfide) groups is 1. The first kappa shape index (κ1) is 18.4. The van der Waals surface area contributed by atoms with E-state index in [1.54, 1.807) is 12.1 Å². The molecule has 8 heteroatoms. The summed E-state index contributed by atoms with van der Waals surface area (Å²) in [6.45, 7) is 0.434. The smallest absolute Gasteiger partial charge is 0.365 e. The van der Waals surface area contributed by atoms with Gasteiger partial charge in [-0.2, -0.15) is 13.2 Å². The average Bonchev–Trinajstić information content (AvgIpc) is 3.00. The molecule has 1 amide bonds. The van der Waals surface area contributed by atoms with Gasteiger partial charge in [-0.25, -0.2) is 0 Å². The summed E-state index contributed by atoms with van der Waals surface area (Å²) in [7, 11) is 0. The lowest BCUT2D eigenvalue weighted by molar-refractivity contribution is -0.165. The Morgan fingerprint density at radius 1 is 1.33 bits per heavy atom. The largest absolute Gasteiger partial charge is 0.454 e. The van der Waals surface area contributed by atoms with Crippen LogP contribution in [0.15, 0.2) is 41.4 Å². The van der Waals surface area contributed by atoms with Gasteiger partial charge < -0.3 is 10.2 Å². The van der Waals surface area contributed by atoms with Crippen LogP contribution < -0.4 is 5.32 Å². The van der Waals surface area contributed by atoms with Crippen molar-refractivity contribution in [1.82, 2.24) is 4.90 Å². The van der Waals surface area contributed by atoms with Crippen LogP contribution in [0.1, 0.15) is 12.8 Å². The van der Waals surface area contributed by atoms with E-state index in [0.29, 0.717) is 31.1 Å². The van der Waals surface area contributed by atoms with Crippen molar-refractivity contribution in [3.8, 4) is 0 Å². The molecule has 1 aromatic carbocycles. The van der Waals surface area contributed by atoms with E-state index in [9.17, 15) is 22.8 Å². The molecule has 0 radical (unpaired) electrons. The summed E-state index contributed by atoms with van der Waals surface area (Å²) in [5.74, 6) is -2.22. The average molecular weight is 358 g/mol. The van der Waals surface area contributed by atoms with Crippen molar-refractivity contribution in [2.45, 2.75) is 30.0 Å². The van der Waals surface area contributed by atoms with E-state index in [0.717, 1.165) is 11.1 Å². The zero-order valence-electron chi connectivity index (χ0n) is 13.0. The molecule has 1 heterocycles. The first-order valence-electron chi connectivity index (χ1n) is 7.32. The Hall–Kier alpha value is -1.96. The van der Waals surface area contributed by atoms with Crippen molar-refractivity contribution in [1.29, 1.82) is 0 Å². The number of hydrogen-bond acceptors (Lipinski definition) is 4. The van der Waals surface area contributed by atoms with Crippen molar-refractivity contribution >= 4 is 29.1 Å². The van der Waals surface area contributed by atoms with Crippen LogP contribution in [0.5, 0.6) is 0 Å². The van der Waals surface area contributed by atoms with Gasteiger partial charge in [-0.05, 0) is 31.2 Å². The van der Waals surface area contributed by atoms with Gasteiger partial charge >= 0.3 is 6.18 Å². The number of alkyl halides is 3. The Morgan fingerprint density at radius 2 is 2.04 bits per heavy atom. The van der Waals surface area contributed by atoms with Crippen molar-refractivity contribution in [2.24, 2.45) is 0 Å². The third kappa shape index (κ3) is 4.53. The highest BCUT2D eigenvalue weighted by Gasteiger charge is 2.37. The number of halogens is 3. The van der Waals surface area contributed by atoms with Gasteiger partial charge in [0.05, 0.1) is 5.69 Å². The van der Waals surface area contributed by atoms with E-state index < -0.39 is 18.0 Å². The van der Waals surface area contributed by atoms with E-state index >= 15 is 0 Å². The monoisotopic (exact) mass is 358 g/mol. The fourth-order valence-corrected chi connectivity index (χ4v) is 3.02. The number of ketones is 1. The van der Waals surface area contributed by atoms with E-state index in [2.05, 4.69) is 5.32 Å². The topological polar surface area (TPSA) is 49.4 Å². The van der Waals surface area contributed by atoms with Gasteiger partial charge in [0, 0.05) is 23.7 Å². The van der Waals surface area contributed by atoms with Crippen LogP contribution in [-0.2, 0) is 9.59 Å². The summed E-state index contributed by atoms with van der Waals surface area (Å²) in [4.78, 5) is 25.7. The number of benzene rings is 1. The fourth-order valence-electron chi connectivity index (χ4n) is 2.47. The van der Waals surface area contributed by atoms with Crippen LogP contribution in [-0.4, -0.2) is 41.6 Å². The molecule has 0 bridgehead atoms. The molecule has 1 saturated heterocycles. The Kier molecular flexibility index (Phi) is 5.93. The Morgan fingerprint density at radius 3 is 2.71 bits per heavy atom. The van der Waals surface area contributed by atoms with Gasteiger partial charge in [0.1, 0.15) is 6.04 Å². The zero-order chi connectivity index (χ0) is 17.7. The fraction of sp³-hybridized carbons (Fsp3) is 0.375. The minimum atomic E-state index is -4.90. The SMILES string of the molecule is CSc1ccccc1NC(=O)[C@H]1CCCN1/C=C/C(=O)C(F)(F)F. The molecule has 0 saturated carbocycles. The summed E-state index contributed by atoms with van der Waals surface area (Å²) in [6.07, 6.45) is -0.275. The first-order valence-corrected chi connectivity index (χ1v) is 8.54. The lowest BCUT2D eigenvalue weighted by atomic mass is 10.2. The van der Waals surface area contributed by atoms with Crippen molar-refractivity contribution in [3.05, 3.63) is 36.5 Å². The number of anilines is 1. The second kappa shape index (κ2) is 7.74. The molecule has 0 spiro atoms. The molecule has 1 aliphatic heterocycles. The Labute approximate surface area is 142 Å². The van der Waals surface area contributed by atoms with E-state index in [-0.39, 0.29) is 5.91 Å². The molecule has 1 fully saturated rings. The Bertz CT molecular complexity index is 646. The maximum atomic E-state index is 12.4. The molecular weight excluding hydrogens is 341 g/mol. The van der Waals surface area contributed by atoms with Gasteiger partial charge in [-0.1, -0.05) is 12.1 Å². The van der Waals surface area contributed by atoms with E-state index in [4.69, 9.17) is 0 Å². The molecule has 0 aliphatic carbocycles. The number of nitrogens with one attached hydrogen (secondary N) is 1. The standard InChI is InChI=1S/C16H17F3N2O2S/c1-24-13-7-3-2-5-11(13)20-15(23)12-6-4-9-21(12)10-8-14(22)16(17,18)19/h2-3,5,7-8,10,12H,4,6,9H2,1H3,(H,20,23)/b10-8+/t12-/m1/s1. The molecule has 1 atom stereocenters. The quantitative estimate of drug-likeness (QED) is 0.647. The summed E-state index contributed by atoms with van der Waals surface area (Å²) < 4.78 is 36.7. The maximum Gasteiger partial charge on any atom is 0.454 e. The number of carbonyl (C=O) groups excluding carboxylic acids is 2. The summed E-state index contributed by atoms with van der Waals surface area (Å²) >= 11 is 1.49. The number of amides is 1. The predicted octanol–water partition coefficient (Wildman–Crippen LogP) is 3.46. The normalized spacial score (nSPS) is 18.2. The third-order valence-corrected chi connectivity index (χ3v) is 4.45. The number of nitrogens with zero attached hydrogens (tertiary/aromatic N) is 1. The molecule has 1 aromatic rings. The lowest BCUT2D eigenvalue weighted by Gasteiger charge is -2.22. The highest BCUT2D eigenvalue weighted by Crippen LogP contribution is 2.26. The second-order valence-corrected chi connectivity index (χ2v) is 6.11. The van der Waals surface area contributed by atoms with Crippen LogP contribution in [0.3, 0.4) is 0 Å². The minimum Gasteiger partial charge on any atom is -0.365 e. The molecule has 24 heavy (non-hydrogen) atoms. The number of allylic oxidation sites excluding steroid dienone is 1. The van der Waals surface area contributed by atoms with Gasteiger partial charge in [0.2, 0.25) is 5.91 Å². The molecule has 0 unspecified atom stereocenters. The summed E-state index contributed by atoms with van der Waals surface area (Å²) in [5, 5.41) is 2.81. The van der Waals surface area contributed by atoms with Crippen molar-refractivity contribution < 1.29 is 22.8 Å². The van der Waals surface area contributed by atoms with Crippen LogP contribution in [0.2, 0.25) is 0 Å². The molecule has 1 N–H and O–H groups in total.